The van der Waals surface area contributed by atoms with Gasteiger partial charge in [0.2, 0.25) is 0 Å². The molecule has 3 heterocycles. The molecular weight excluding hydrogens is 294 g/mol. The number of H-pyrrole nitrogens is 1. The molecule has 0 radical (unpaired) electrons. The average molecular weight is 311 g/mol. The molecule has 3 aromatic rings. The Morgan fingerprint density at radius 3 is 3.04 bits per heavy atom. The largest absolute Gasteiger partial charge is 0.381 e. The molecule has 9 heteroatoms. The van der Waals surface area contributed by atoms with Crippen molar-refractivity contribution in [1.82, 2.24) is 29.9 Å². The number of nitrogens with two attached hydrogens (primary N) is 1. The maximum absolute atomic E-state index is 9.07. The van der Waals surface area contributed by atoms with E-state index in [-0.39, 0.29) is 5.82 Å². The molecule has 0 saturated carbocycles. The minimum absolute atomic E-state index is 0.253. The van der Waals surface area contributed by atoms with Gasteiger partial charge in [0.25, 0.3) is 0 Å². The Bertz CT molecular complexity index is 870. The molecule has 3 aromatic heterocycles. The number of anilines is 2. The molecule has 0 fully saturated rings. The first-order valence-corrected chi connectivity index (χ1v) is 7.18. The number of fused-ring (bicyclic) bond motifs is 1. The summed E-state index contributed by atoms with van der Waals surface area (Å²) in [5, 5.41) is 20.9. The van der Waals surface area contributed by atoms with Gasteiger partial charge in [-0.15, -0.1) is 0 Å². The Hall–Kier alpha value is -3.15. The van der Waals surface area contributed by atoms with Crippen molar-refractivity contribution in [3.05, 3.63) is 23.8 Å². The van der Waals surface area contributed by atoms with Gasteiger partial charge in [-0.2, -0.15) is 15.5 Å². The monoisotopic (exact) mass is 311 g/mol. The summed E-state index contributed by atoms with van der Waals surface area (Å²) >= 11 is 0. The lowest BCUT2D eigenvalue weighted by Gasteiger charge is -2.18. The van der Waals surface area contributed by atoms with Crippen LogP contribution in [0.3, 0.4) is 0 Å². The van der Waals surface area contributed by atoms with E-state index in [9.17, 15) is 0 Å². The van der Waals surface area contributed by atoms with Crippen molar-refractivity contribution in [2.45, 2.75) is 12.8 Å². The summed E-state index contributed by atoms with van der Waals surface area (Å²) in [7, 11) is 3.83. The summed E-state index contributed by atoms with van der Waals surface area (Å²) in [6.07, 6.45) is 4.83. The van der Waals surface area contributed by atoms with Crippen molar-refractivity contribution in [2.24, 2.45) is 7.05 Å². The van der Waals surface area contributed by atoms with E-state index in [1.807, 2.05) is 14.1 Å². The second kappa shape index (κ2) is 5.92. The Morgan fingerprint density at radius 2 is 2.26 bits per heavy atom. The highest BCUT2D eigenvalue weighted by atomic mass is 15.3. The zero-order valence-electron chi connectivity index (χ0n) is 13.0. The van der Waals surface area contributed by atoms with Crippen LogP contribution in [0.1, 0.15) is 17.7 Å². The van der Waals surface area contributed by atoms with Crippen molar-refractivity contribution >= 4 is 22.7 Å². The molecule has 0 aromatic carbocycles. The van der Waals surface area contributed by atoms with Crippen LogP contribution in [-0.4, -0.2) is 43.5 Å². The summed E-state index contributed by atoms with van der Waals surface area (Å²) in [6, 6.07) is 2.08. The molecule has 0 atom stereocenters. The molecule has 9 nitrogen and oxygen atoms in total. The number of rotatable bonds is 5. The summed E-state index contributed by atoms with van der Waals surface area (Å²) < 4.78 is 1.72. The molecule has 3 N–H and O–H groups in total. The molecule has 0 spiro atoms. The van der Waals surface area contributed by atoms with Crippen LogP contribution in [0.2, 0.25) is 0 Å². The number of aryl methyl sites for hydroxylation is 2. The quantitative estimate of drug-likeness (QED) is 0.707. The first-order valence-electron chi connectivity index (χ1n) is 7.18. The number of nitrogens with zero attached hydrogens (tertiary/aromatic N) is 7. The molecule has 0 aliphatic carbocycles. The number of hydrogen-bond donors (Lipinski definition) is 2. The fourth-order valence-corrected chi connectivity index (χ4v) is 2.55. The Labute approximate surface area is 132 Å². The lowest BCUT2D eigenvalue weighted by atomic mass is 10.1. The van der Waals surface area contributed by atoms with Gasteiger partial charge in [0.15, 0.2) is 11.5 Å². The minimum atomic E-state index is 0.253. The van der Waals surface area contributed by atoms with E-state index in [0.717, 1.165) is 35.5 Å². The summed E-state index contributed by atoms with van der Waals surface area (Å²) in [5.41, 5.74) is 7.64. The van der Waals surface area contributed by atoms with Crippen LogP contribution in [-0.2, 0) is 13.5 Å². The smallest absolute Gasteiger partial charge is 0.163 e. The number of nitrogens with one attached hydrogen (secondary N) is 1. The van der Waals surface area contributed by atoms with Crippen molar-refractivity contribution in [2.75, 3.05) is 24.2 Å². The third-order valence-corrected chi connectivity index (χ3v) is 3.77. The van der Waals surface area contributed by atoms with Crippen molar-refractivity contribution < 1.29 is 0 Å². The Morgan fingerprint density at radius 1 is 1.43 bits per heavy atom. The molecule has 0 amide bonds. The predicted molar refractivity (Wildman–Crippen MR) is 85.6 cm³/mol. The zero-order valence-corrected chi connectivity index (χ0v) is 13.0. The van der Waals surface area contributed by atoms with Crippen LogP contribution >= 0.6 is 0 Å². The van der Waals surface area contributed by atoms with Crippen LogP contribution < -0.4 is 10.6 Å². The second-order valence-electron chi connectivity index (χ2n) is 5.30. The highest BCUT2D eigenvalue weighted by molar-refractivity contribution is 5.86. The van der Waals surface area contributed by atoms with E-state index in [4.69, 9.17) is 11.0 Å². The SMILES string of the molecule is CN(CCCc1[nH]nc(N)c1C#N)c1ncnc2c1cnn2C. The maximum Gasteiger partial charge on any atom is 0.163 e. The first kappa shape index (κ1) is 14.8. The lowest BCUT2D eigenvalue weighted by molar-refractivity contribution is 0.759. The molecule has 0 saturated heterocycles. The van der Waals surface area contributed by atoms with Crippen LogP contribution in [0.15, 0.2) is 12.5 Å². The third kappa shape index (κ3) is 2.66. The third-order valence-electron chi connectivity index (χ3n) is 3.77. The number of hydrogen-bond acceptors (Lipinski definition) is 7. The van der Waals surface area contributed by atoms with Gasteiger partial charge >= 0.3 is 0 Å². The van der Waals surface area contributed by atoms with Crippen molar-refractivity contribution in [1.29, 1.82) is 5.26 Å². The van der Waals surface area contributed by atoms with Crippen LogP contribution in [0.5, 0.6) is 0 Å². The fourth-order valence-electron chi connectivity index (χ4n) is 2.55. The summed E-state index contributed by atoms with van der Waals surface area (Å²) in [4.78, 5) is 10.6. The molecule has 118 valence electrons. The van der Waals surface area contributed by atoms with E-state index in [1.54, 1.807) is 17.2 Å². The van der Waals surface area contributed by atoms with Crippen LogP contribution in [0, 0.1) is 11.3 Å². The summed E-state index contributed by atoms with van der Waals surface area (Å²) in [5.74, 6) is 1.09. The molecule has 3 rings (SSSR count). The highest BCUT2D eigenvalue weighted by Gasteiger charge is 2.13. The van der Waals surface area contributed by atoms with Gasteiger partial charge in [-0.3, -0.25) is 9.78 Å². The normalized spacial score (nSPS) is 10.8. The maximum atomic E-state index is 9.07. The average Bonchev–Trinajstić information content (AvgIpc) is 3.10. The van der Waals surface area contributed by atoms with Gasteiger partial charge in [0.05, 0.1) is 17.3 Å². The molecular formula is C14H17N9. The molecule has 23 heavy (non-hydrogen) atoms. The Balaban J connectivity index is 1.69. The topological polar surface area (TPSA) is 125 Å². The van der Waals surface area contributed by atoms with Gasteiger partial charge < -0.3 is 10.6 Å². The van der Waals surface area contributed by atoms with Crippen LogP contribution in [0.25, 0.3) is 11.0 Å². The molecule has 0 aliphatic heterocycles. The first-order chi connectivity index (χ1) is 11.1. The van der Waals surface area contributed by atoms with E-state index >= 15 is 0 Å². The van der Waals surface area contributed by atoms with E-state index in [0.29, 0.717) is 12.0 Å². The van der Waals surface area contributed by atoms with Gasteiger partial charge in [-0.05, 0) is 12.8 Å². The molecule has 0 unspecified atom stereocenters. The van der Waals surface area contributed by atoms with Gasteiger partial charge in [0.1, 0.15) is 23.8 Å². The lowest BCUT2D eigenvalue weighted by Crippen LogP contribution is -2.20. The Kier molecular flexibility index (Phi) is 3.80. The van der Waals surface area contributed by atoms with Crippen molar-refractivity contribution in [3.8, 4) is 6.07 Å². The number of aromatic amines is 1. The highest BCUT2D eigenvalue weighted by Crippen LogP contribution is 2.21. The van der Waals surface area contributed by atoms with E-state index in [2.05, 4.69) is 36.2 Å². The minimum Gasteiger partial charge on any atom is -0.381 e. The van der Waals surface area contributed by atoms with Gasteiger partial charge in [0, 0.05) is 20.6 Å². The second-order valence-corrected chi connectivity index (χ2v) is 5.30. The van der Waals surface area contributed by atoms with E-state index in [1.165, 1.54) is 0 Å². The number of nitrogen functional groups attached to an aromatic ring is 1. The standard InChI is InChI=1S/C14H17N9/c1-22(5-3-4-11-9(6-15)12(16)21-20-11)13-10-7-19-23(2)14(10)18-8-17-13/h7-8H,3-5H2,1-2H3,(H3,16,20,21). The van der Waals surface area contributed by atoms with E-state index < -0.39 is 0 Å². The molecule has 0 aliphatic rings. The number of nitriles is 1. The van der Waals surface area contributed by atoms with Gasteiger partial charge in [-0.1, -0.05) is 0 Å². The number of aromatic nitrogens is 6. The molecule has 0 bridgehead atoms. The predicted octanol–water partition coefficient (Wildman–Crippen LogP) is 0.609. The zero-order chi connectivity index (χ0) is 16.4. The summed E-state index contributed by atoms with van der Waals surface area (Å²) in [6.45, 7) is 0.769. The van der Waals surface area contributed by atoms with Gasteiger partial charge in [-0.25, -0.2) is 9.97 Å². The van der Waals surface area contributed by atoms with Crippen LogP contribution in [0.4, 0.5) is 11.6 Å². The van der Waals surface area contributed by atoms with Crippen molar-refractivity contribution in [3.63, 3.8) is 0 Å². The fraction of sp³-hybridized carbons (Fsp3) is 0.357.